The van der Waals surface area contributed by atoms with E-state index in [2.05, 4.69) is 27.9 Å². The first-order chi connectivity index (χ1) is 8.65. The molecule has 0 radical (unpaired) electrons. The number of benzene rings is 1. The summed E-state index contributed by atoms with van der Waals surface area (Å²) in [4.78, 5) is 14.2. The highest BCUT2D eigenvalue weighted by atomic mass is 127. The number of phenols is 1. The van der Waals surface area contributed by atoms with E-state index in [1.54, 1.807) is 18.2 Å². The predicted molar refractivity (Wildman–Crippen MR) is 76.6 cm³/mol. The summed E-state index contributed by atoms with van der Waals surface area (Å²) in [5.41, 5.74) is 0.584. The van der Waals surface area contributed by atoms with Gasteiger partial charge >= 0.3 is 0 Å². The van der Waals surface area contributed by atoms with Crippen LogP contribution in [0.3, 0.4) is 0 Å². The van der Waals surface area contributed by atoms with Crippen molar-refractivity contribution in [2.75, 3.05) is 26.2 Å². The molecule has 0 unspecified atom stereocenters. The Balaban J connectivity index is 1.77. The molecule has 2 N–H and O–H groups in total. The van der Waals surface area contributed by atoms with Crippen molar-refractivity contribution < 1.29 is 9.90 Å². The van der Waals surface area contributed by atoms with Crippen molar-refractivity contribution in [2.24, 2.45) is 11.8 Å². The van der Waals surface area contributed by atoms with Gasteiger partial charge in [0.2, 0.25) is 0 Å². The summed E-state index contributed by atoms with van der Waals surface area (Å²) < 4.78 is 0.770. The second-order valence-corrected chi connectivity index (χ2v) is 6.22. The zero-order chi connectivity index (χ0) is 12.7. The maximum atomic E-state index is 12.3. The number of nitrogens with one attached hydrogen (secondary N) is 1. The highest BCUT2D eigenvalue weighted by molar-refractivity contribution is 14.1. The summed E-state index contributed by atoms with van der Waals surface area (Å²) in [5, 5.41) is 13.0. The number of hydrogen-bond acceptors (Lipinski definition) is 3. The maximum Gasteiger partial charge on any atom is 0.254 e. The molecule has 18 heavy (non-hydrogen) atoms. The Hall–Kier alpha value is -0.820. The molecule has 0 spiro atoms. The van der Waals surface area contributed by atoms with Crippen molar-refractivity contribution in [3.63, 3.8) is 0 Å². The summed E-state index contributed by atoms with van der Waals surface area (Å²) >= 11 is 2.05. The van der Waals surface area contributed by atoms with Gasteiger partial charge in [0.1, 0.15) is 5.75 Å². The van der Waals surface area contributed by atoms with Gasteiger partial charge in [-0.3, -0.25) is 4.79 Å². The van der Waals surface area contributed by atoms with E-state index >= 15 is 0 Å². The smallest absolute Gasteiger partial charge is 0.254 e. The standard InChI is InChI=1S/C13H15IN2O2/c14-11-2-1-8(3-12(11)17)13(18)16-6-9-4-15-5-10(9)7-16/h1-3,9-10,15,17H,4-7H2/t9-,10+. The minimum Gasteiger partial charge on any atom is -0.507 e. The van der Waals surface area contributed by atoms with Crippen LogP contribution in [0.2, 0.25) is 0 Å². The second-order valence-electron chi connectivity index (χ2n) is 5.05. The molecule has 0 aromatic heterocycles. The molecule has 0 saturated carbocycles. The molecule has 4 nitrogen and oxygen atoms in total. The number of nitrogens with zero attached hydrogens (tertiary/aromatic N) is 1. The second kappa shape index (κ2) is 4.70. The molecule has 96 valence electrons. The number of likely N-dealkylation sites (tertiary alicyclic amines) is 1. The SMILES string of the molecule is O=C(c1ccc(I)c(O)c1)N1C[C@H]2CNC[C@H]2C1. The zero-order valence-corrected chi connectivity index (χ0v) is 12.1. The largest absolute Gasteiger partial charge is 0.507 e. The predicted octanol–water partition coefficient (Wildman–Crippen LogP) is 1.29. The van der Waals surface area contributed by atoms with Crippen LogP contribution in [-0.2, 0) is 0 Å². The van der Waals surface area contributed by atoms with Gasteiger partial charge in [-0.05, 0) is 52.6 Å². The number of rotatable bonds is 1. The number of halogens is 1. The molecule has 2 saturated heterocycles. The molecule has 5 heteroatoms. The van der Waals surface area contributed by atoms with E-state index < -0.39 is 0 Å². The van der Waals surface area contributed by atoms with E-state index in [1.165, 1.54) is 0 Å². The van der Waals surface area contributed by atoms with Gasteiger partial charge in [-0.15, -0.1) is 0 Å². The van der Waals surface area contributed by atoms with Gasteiger partial charge in [0.25, 0.3) is 5.91 Å². The summed E-state index contributed by atoms with van der Waals surface area (Å²) in [6.45, 7) is 3.71. The van der Waals surface area contributed by atoms with Gasteiger partial charge in [0, 0.05) is 31.7 Å². The molecule has 2 heterocycles. The Morgan fingerprint density at radius 3 is 2.61 bits per heavy atom. The van der Waals surface area contributed by atoms with Crippen molar-refractivity contribution in [3.8, 4) is 5.75 Å². The molecule has 0 aliphatic carbocycles. The van der Waals surface area contributed by atoms with Crippen LogP contribution in [0.1, 0.15) is 10.4 Å². The van der Waals surface area contributed by atoms with Crippen molar-refractivity contribution in [1.29, 1.82) is 0 Å². The average Bonchev–Trinajstić information content (AvgIpc) is 2.92. The normalized spacial score (nSPS) is 26.4. The van der Waals surface area contributed by atoms with Crippen LogP contribution in [0.25, 0.3) is 0 Å². The van der Waals surface area contributed by atoms with Crippen LogP contribution in [0.15, 0.2) is 18.2 Å². The van der Waals surface area contributed by atoms with Gasteiger partial charge in [-0.1, -0.05) is 0 Å². The zero-order valence-electron chi connectivity index (χ0n) is 9.90. The summed E-state index contributed by atoms with van der Waals surface area (Å²) in [6, 6.07) is 5.13. The molecule has 0 bridgehead atoms. The van der Waals surface area contributed by atoms with Gasteiger partial charge in [-0.2, -0.15) is 0 Å². The molecule has 2 aliphatic rings. The Bertz CT molecular complexity index is 480. The lowest BCUT2D eigenvalue weighted by molar-refractivity contribution is 0.0781. The minimum absolute atomic E-state index is 0.0381. The number of amides is 1. The van der Waals surface area contributed by atoms with Gasteiger partial charge < -0.3 is 15.3 Å². The Labute approximate surface area is 120 Å². The number of phenolic OH excluding ortho intramolecular Hbond substituents is 1. The number of aromatic hydroxyl groups is 1. The van der Waals surface area contributed by atoms with E-state index in [4.69, 9.17) is 0 Å². The molecule has 3 rings (SSSR count). The maximum absolute atomic E-state index is 12.3. The fourth-order valence-corrected chi connectivity index (χ4v) is 3.18. The molecule has 1 aromatic rings. The van der Waals surface area contributed by atoms with Crippen LogP contribution in [0.4, 0.5) is 0 Å². The minimum atomic E-state index is 0.0381. The number of carbonyl (C=O) groups is 1. The number of fused-ring (bicyclic) bond motifs is 1. The van der Waals surface area contributed by atoms with Gasteiger partial charge in [0.15, 0.2) is 0 Å². The summed E-state index contributed by atoms with van der Waals surface area (Å²) in [7, 11) is 0. The fourth-order valence-electron chi connectivity index (χ4n) is 2.85. The Morgan fingerprint density at radius 1 is 1.33 bits per heavy atom. The first kappa shape index (κ1) is 12.2. The van der Waals surface area contributed by atoms with E-state index in [9.17, 15) is 9.90 Å². The highest BCUT2D eigenvalue weighted by Crippen LogP contribution is 2.28. The lowest BCUT2D eigenvalue weighted by Gasteiger charge is -2.17. The Morgan fingerprint density at radius 2 is 2.00 bits per heavy atom. The molecule has 1 amide bonds. The quantitative estimate of drug-likeness (QED) is 0.744. The molecule has 2 fully saturated rings. The van der Waals surface area contributed by atoms with Crippen molar-refractivity contribution in [2.45, 2.75) is 0 Å². The van der Waals surface area contributed by atoms with Crippen LogP contribution < -0.4 is 5.32 Å². The van der Waals surface area contributed by atoms with Crippen LogP contribution >= 0.6 is 22.6 Å². The fraction of sp³-hybridized carbons (Fsp3) is 0.462. The van der Waals surface area contributed by atoms with E-state index in [1.807, 2.05) is 4.90 Å². The van der Waals surface area contributed by atoms with E-state index in [-0.39, 0.29) is 11.7 Å². The van der Waals surface area contributed by atoms with Crippen LogP contribution in [-0.4, -0.2) is 42.1 Å². The summed E-state index contributed by atoms with van der Waals surface area (Å²) in [6.07, 6.45) is 0. The first-order valence-electron chi connectivity index (χ1n) is 6.13. The molecule has 2 aliphatic heterocycles. The van der Waals surface area contributed by atoms with Crippen molar-refractivity contribution >= 4 is 28.5 Å². The van der Waals surface area contributed by atoms with Crippen LogP contribution in [0, 0.1) is 15.4 Å². The van der Waals surface area contributed by atoms with Crippen LogP contribution in [0.5, 0.6) is 5.75 Å². The van der Waals surface area contributed by atoms with Gasteiger partial charge in [0.05, 0.1) is 3.57 Å². The number of carbonyl (C=O) groups excluding carboxylic acids is 1. The molecular weight excluding hydrogens is 343 g/mol. The number of hydrogen-bond donors (Lipinski definition) is 2. The lowest BCUT2D eigenvalue weighted by Crippen LogP contribution is -2.31. The Kier molecular flexibility index (Phi) is 3.19. The first-order valence-corrected chi connectivity index (χ1v) is 7.21. The average molecular weight is 358 g/mol. The van der Waals surface area contributed by atoms with Crippen molar-refractivity contribution in [3.05, 3.63) is 27.3 Å². The lowest BCUT2D eigenvalue weighted by atomic mass is 10.0. The third-order valence-electron chi connectivity index (χ3n) is 3.87. The third-order valence-corrected chi connectivity index (χ3v) is 4.78. The van der Waals surface area contributed by atoms with E-state index in [0.717, 1.165) is 29.7 Å². The molecule has 2 atom stereocenters. The molecular formula is C13H15IN2O2. The van der Waals surface area contributed by atoms with Crippen molar-refractivity contribution in [1.82, 2.24) is 10.2 Å². The summed E-state index contributed by atoms with van der Waals surface area (Å²) in [5.74, 6) is 1.43. The topological polar surface area (TPSA) is 52.6 Å². The monoisotopic (exact) mass is 358 g/mol. The van der Waals surface area contributed by atoms with E-state index in [0.29, 0.717) is 17.4 Å². The highest BCUT2D eigenvalue weighted by Gasteiger charge is 2.38. The van der Waals surface area contributed by atoms with Gasteiger partial charge in [-0.25, -0.2) is 0 Å². The third kappa shape index (κ3) is 2.09. The molecule has 1 aromatic carbocycles.